The van der Waals surface area contributed by atoms with Gasteiger partial charge < -0.3 is 19.6 Å². The number of halogens is 2. The summed E-state index contributed by atoms with van der Waals surface area (Å²) < 4.78 is 34.4. The number of hydrogen-bond donors (Lipinski definition) is 2. The van der Waals surface area contributed by atoms with Gasteiger partial charge in [-0.05, 0) is 64.8 Å². The van der Waals surface area contributed by atoms with Gasteiger partial charge in [-0.2, -0.15) is 0 Å². The lowest BCUT2D eigenvalue weighted by Crippen LogP contribution is -2.53. The number of amides is 1. The van der Waals surface area contributed by atoms with Crippen LogP contribution >= 0.6 is 0 Å². The van der Waals surface area contributed by atoms with Gasteiger partial charge in [0.2, 0.25) is 0 Å². The van der Waals surface area contributed by atoms with Gasteiger partial charge >= 0.3 is 0 Å². The molecule has 3 aromatic rings. The predicted octanol–water partition coefficient (Wildman–Crippen LogP) is 4.96. The fourth-order valence-electron chi connectivity index (χ4n) is 6.36. The number of nitrogens with zero attached hydrogens (tertiary/aromatic N) is 2. The zero-order valence-corrected chi connectivity index (χ0v) is 22.4. The molecular formula is C29H36F2N4O3. The molecule has 0 spiro atoms. The molecule has 0 unspecified atom stereocenters. The third-order valence-electron chi connectivity index (χ3n) is 8.51. The lowest BCUT2D eigenvalue weighted by Gasteiger charge is -2.46. The summed E-state index contributed by atoms with van der Waals surface area (Å²) in [5, 5.41) is 3.80. The largest absolute Gasteiger partial charge is 0.496 e. The van der Waals surface area contributed by atoms with Crippen LogP contribution in [0.15, 0.2) is 35.1 Å². The van der Waals surface area contributed by atoms with Crippen molar-refractivity contribution in [3.05, 3.63) is 63.2 Å². The van der Waals surface area contributed by atoms with Gasteiger partial charge in [-0.25, -0.2) is 8.78 Å². The SMILES string of the molecule is COc1cc(C)[nH]c(=O)c1CNC(=O)c1c(C)n([C@H](C)C2CCN(C3CC(F)(F)C3)CC2)c2ccccc12. The van der Waals surface area contributed by atoms with Gasteiger partial charge in [0.15, 0.2) is 0 Å². The molecule has 5 rings (SSSR count). The number of ether oxygens (including phenoxy) is 1. The fourth-order valence-corrected chi connectivity index (χ4v) is 6.36. The molecule has 1 atom stereocenters. The number of hydrogen-bond acceptors (Lipinski definition) is 4. The van der Waals surface area contributed by atoms with E-state index in [1.807, 2.05) is 31.2 Å². The smallest absolute Gasteiger partial charge is 0.256 e. The quantitative estimate of drug-likeness (QED) is 0.456. The van der Waals surface area contributed by atoms with E-state index in [9.17, 15) is 18.4 Å². The van der Waals surface area contributed by atoms with Gasteiger partial charge in [0.25, 0.3) is 17.4 Å². The molecule has 9 heteroatoms. The number of pyridine rings is 1. The van der Waals surface area contributed by atoms with E-state index in [-0.39, 0.29) is 42.9 Å². The van der Waals surface area contributed by atoms with Crippen LogP contribution in [-0.4, -0.2) is 52.5 Å². The Morgan fingerprint density at radius 3 is 2.55 bits per heavy atom. The Balaban J connectivity index is 1.35. The van der Waals surface area contributed by atoms with E-state index in [0.29, 0.717) is 28.5 Å². The minimum absolute atomic E-state index is 0.00471. The number of alkyl halides is 2. The minimum atomic E-state index is -2.49. The highest BCUT2D eigenvalue weighted by atomic mass is 19.3. The van der Waals surface area contributed by atoms with Crippen molar-refractivity contribution in [1.29, 1.82) is 0 Å². The zero-order valence-electron chi connectivity index (χ0n) is 22.4. The number of aromatic amines is 1. The Labute approximate surface area is 221 Å². The second-order valence-corrected chi connectivity index (χ2v) is 10.9. The van der Waals surface area contributed by atoms with Crippen molar-refractivity contribution in [3.8, 4) is 5.75 Å². The van der Waals surface area contributed by atoms with E-state index < -0.39 is 5.92 Å². The van der Waals surface area contributed by atoms with Gasteiger partial charge in [0, 0.05) is 47.2 Å². The van der Waals surface area contributed by atoms with Crippen LogP contribution in [0.4, 0.5) is 8.78 Å². The van der Waals surface area contributed by atoms with Crippen LogP contribution in [0.1, 0.15) is 66.0 Å². The van der Waals surface area contributed by atoms with Crippen molar-refractivity contribution < 1.29 is 18.3 Å². The highest BCUT2D eigenvalue weighted by Gasteiger charge is 2.48. The molecule has 3 heterocycles. The summed E-state index contributed by atoms with van der Waals surface area (Å²) in [6.45, 7) is 7.64. The van der Waals surface area contributed by atoms with Crippen molar-refractivity contribution in [2.75, 3.05) is 20.2 Å². The minimum Gasteiger partial charge on any atom is -0.496 e. The number of aryl methyl sites for hydroxylation is 1. The van der Waals surface area contributed by atoms with Crippen LogP contribution in [0, 0.1) is 19.8 Å². The summed E-state index contributed by atoms with van der Waals surface area (Å²) in [6, 6.07) is 9.78. The molecule has 0 radical (unpaired) electrons. The summed E-state index contributed by atoms with van der Waals surface area (Å²) in [5.74, 6) is -1.92. The third-order valence-corrected chi connectivity index (χ3v) is 8.51. The van der Waals surface area contributed by atoms with Gasteiger partial charge in [0.1, 0.15) is 5.75 Å². The molecule has 0 bridgehead atoms. The molecule has 2 aromatic heterocycles. The van der Waals surface area contributed by atoms with Gasteiger partial charge in [-0.15, -0.1) is 0 Å². The Morgan fingerprint density at radius 2 is 1.89 bits per heavy atom. The molecule has 2 aliphatic rings. The van der Waals surface area contributed by atoms with Crippen molar-refractivity contribution in [2.24, 2.45) is 5.92 Å². The first kappa shape index (κ1) is 26.4. The zero-order chi connectivity index (χ0) is 27.2. The predicted molar refractivity (Wildman–Crippen MR) is 143 cm³/mol. The molecule has 1 aliphatic carbocycles. The number of benzene rings is 1. The fraction of sp³-hybridized carbons (Fsp3) is 0.517. The molecule has 7 nitrogen and oxygen atoms in total. The number of fused-ring (bicyclic) bond motifs is 1. The summed E-state index contributed by atoms with van der Waals surface area (Å²) in [7, 11) is 1.50. The van der Waals surface area contributed by atoms with E-state index in [4.69, 9.17) is 4.74 Å². The molecule has 1 saturated heterocycles. The summed E-state index contributed by atoms with van der Waals surface area (Å²) in [5.41, 5.74) is 3.25. The summed E-state index contributed by atoms with van der Waals surface area (Å²) in [4.78, 5) is 31.0. The van der Waals surface area contributed by atoms with E-state index in [1.54, 1.807) is 13.0 Å². The topological polar surface area (TPSA) is 79.4 Å². The van der Waals surface area contributed by atoms with Crippen LogP contribution in [0.25, 0.3) is 10.9 Å². The molecule has 2 N–H and O–H groups in total. The first-order valence-electron chi connectivity index (χ1n) is 13.4. The first-order valence-corrected chi connectivity index (χ1v) is 13.4. The second-order valence-electron chi connectivity index (χ2n) is 10.9. The Bertz CT molecular complexity index is 1400. The van der Waals surface area contributed by atoms with Gasteiger partial charge in [-0.1, -0.05) is 18.2 Å². The molecule has 38 heavy (non-hydrogen) atoms. The second kappa shape index (κ2) is 10.2. The van der Waals surface area contributed by atoms with Crippen molar-refractivity contribution in [2.45, 2.75) is 71.0 Å². The number of carbonyl (C=O) groups excluding carboxylic acids is 1. The highest BCUT2D eigenvalue weighted by molar-refractivity contribution is 6.08. The van der Waals surface area contributed by atoms with Crippen LogP contribution in [0.2, 0.25) is 0 Å². The summed E-state index contributed by atoms with van der Waals surface area (Å²) >= 11 is 0. The average molecular weight is 527 g/mol. The molecule has 1 amide bonds. The van der Waals surface area contributed by atoms with Gasteiger partial charge in [0.05, 0.1) is 24.8 Å². The molecule has 2 fully saturated rings. The highest BCUT2D eigenvalue weighted by Crippen LogP contribution is 2.43. The lowest BCUT2D eigenvalue weighted by molar-refractivity contribution is -0.129. The molecule has 1 aliphatic heterocycles. The number of rotatable bonds is 7. The maximum atomic E-state index is 13.5. The van der Waals surface area contributed by atoms with E-state index in [2.05, 4.69) is 26.7 Å². The molecular weight excluding hydrogens is 490 g/mol. The van der Waals surface area contributed by atoms with Crippen molar-refractivity contribution in [1.82, 2.24) is 19.8 Å². The number of aromatic nitrogens is 2. The number of likely N-dealkylation sites (tertiary alicyclic amines) is 1. The molecule has 1 aromatic carbocycles. The molecule has 1 saturated carbocycles. The van der Waals surface area contributed by atoms with Crippen LogP contribution in [0.3, 0.4) is 0 Å². The maximum absolute atomic E-state index is 13.5. The number of nitrogens with one attached hydrogen (secondary N) is 2. The van der Waals surface area contributed by atoms with Crippen LogP contribution < -0.4 is 15.6 Å². The lowest BCUT2D eigenvalue weighted by atomic mass is 9.83. The number of methoxy groups -OCH3 is 1. The number of H-pyrrole nitrogens is 1. The van der Waals surface area contributed by atoms with Crippen molar-refractivity contribution in [3.63, 3.8) is 0 Å². The Morgan fingerprint density at radius 1 is 1.21 bits per heavy atom. The van der Waals surface area contributed by atoms with E-state index in [0.717, 1.165) is 42.5 Å². The molecule has 204 valence electrons. The van der Waals surface area contributed by atoms with Crippen LogP contribution in [0.5, 0.6) is 5.75 Å². The van der Waals surface area contributed by atoms with E-state index >= 15 is 0 Å². The third kappa shape index (κ3) is 4.84. The number of piperidine rings is 1. The van der Waals surface area contributed by atoms with Crippen LogP contribution in [-0.2, 0) is 6.54 Å². The Hall–Kier alpha value is -3.20. The average Bonchev–Trinajstić information content (AvgIpc) is 3.17. The summed E-state index contributed by atoms with van der Waals surface area (Å²) in [6.07, 6.45) is 1.83. The van der Waals surface area contributed by atoms with Gasteiger partial charge in [-0.3, -0.25) is 14.5 Å². The van der Waals surface area contributed by atoms with E-state index in [1.165, 1.54) is 7.11 Å². The maximum Gasteiger partial charge on any atom is 0.256 e. The number of carbonyl (C=O) groups is 1. The number of para-hydroxylation sites is 1. The standard InChI is InChI=1S/C29H36F2N4O3/c1-17-13-25(38-4)23(27(36)33-17)16-32-28(37)26-19(3)35(24-8-6-5-7-22(24)26)18(2)20-9-11-34(12-10-20)21-14-29(30,31)15-21/h5-8,13,18,20-21H,9-12,14-16H2,1-4H3,(H,32,37)(H,33,36)/t18-/m1/s1. The monoisotopic (exact) mass is 526 g/mol. The first-order chi connectivity index (χ1) is 18.1. The Kier molecular flexibility index (Phi) is 7.07. The van der Waals surface area contributed by atoms with Crippen molar-refractivity contribution >= 4 is 16.8 Å². The normalized spacial score (nSPS) is 19.3.